The van der Waals surface area contributed by atoms with Gasteiger partial charge in [-0.15, -0.1) is 0 Å². The summed E-state index contributed by atoms with van der Waals surface area (Å²) in [4.78, 5) is 49.7. The van der Waals surface area contributed by atoms with Crippen LogP contribution in [0.15, 0.2) is 85.2 Å². The van der Waals surface area contributed by atoms with Gasteiger partial charge in [0.25, 0.3) is 5.91 Å². The molecule has 6 rings (SSSR count). The van der Waals surface area contributed by atoms with Gasteiger partial charge in [0.1, 0.15) is 17.8 Å². The summed E-state index contributed by atoms with van der Waals surface area (Å²) < 4.78 is 5.90. The maximum Gasteiger partial charge on any atom is 0.326 e. The lowest BCUT2D eigenvalue weighted by Gasteiger charge is -2.27. The molecule has 2 aliphatic rings. The number of hydrogen-bond acceptors (Lipinski definition) is 6. The van der Waals surface area contributed by atoms with Gasteiger partial charge in [0.15, 0.2) is 5.82 Å². The maximum absolute atomic E-state index is 13.8. The average molecular weight is 689 g/mol. The van der Waals surface area contributed by atoms with E-state index in [1.807, 2.05) is 60.7 Å². The van der Waals surface area contributed by atoms with E-state index >= 15 is 0 Å². The molecule has 2 fully saturated rings. The first-order valence-electron chi connectivity index (χ1n) is 18.3. The molecule has 1 aliphatic carbocycles. The topological polar surface area (TPSA) is 122 Å². The summed E-state index contributed by atoms with van der Waals surface area (Å²) in [6, 6.07) is 21.3. The lowest BCUT2D eigenvalue weighted by atomic mass is 9.97. The number of aliphatic carboxylic acids is 1. The number of likely N-dealkylation sites (tertiary alicyclic amines) is 1. The molecule has 1 saturated heterocycles. The number of aromatic nitrogens is 2. The first kappa shape index (κ1) is 35.8. The molecule has 9 nitrogen and oxygen atoms in total. The minimum Gasteiger partial charge on any atom is -0.494 e. The lowest BCUT2D eigenvalue weighted by Crippen LogP contribution is -2.52. The molecule has 1 aliphatic heterocycles. The molecule has 0 spiro atoms. The third-order valence-electron chi connectivity index (χ3n) is 10.3. The van der Waals surface area contributed by atoms with Gasteiger partial charge in [0.2, 0.25) is 5.91 Å². The van der Waals surface area contributed by atoms with Crippen molar-refractivity contribution in [2.24, 2.45) is 0 Å². The summed E-state index contributed by atoms with van der Waals surface area (Å²) >= 11 is 0. The number of amides is 2. The normalized spacial score (nSPS) is 16.7. The molecule has 9 heteroatoms. The highest BCUT2D eigenvalue weighted by Gasteiger charge is 2.39. The van der Waals surface area contributed by atoms with Crippen molar-refractivity contribution in [1.82, 2.24) is 20.2 Å². The Bertz CT molecular complexity index is 1790. The van der Waals surface area contributed by atoms with Crippen LogP contribution >= 0.6 is 0 Å². The van der Waals surface area contributed by atoms with Gasteiger partial charge in [-0.3, -0.25) is 9.59 Å². The van der Waals surface area contributed by atoms with E-state index < -0.39 is 18.1 Å². The van der Waals surface area contributed by atoms with Gasteiger partial charge in [-0.2, -0.15) is 0 Å². The number of carbonyl (C=O) groups is 3. The van der Waals surface area contributed by atoms with E-state index in [2.05, 4.69) is 29.1 Å². The molecule has 0 bridgehead atoms. The van der Waals surface area contributed by atoms with Crippen molar-refractivity contribution >= 4 is 17.8 Å². The molecule has 2 heterocycles. The van der Waals surface area contributed by atoms with Crippen molar-refractivity contribution in [2.45, 2.75) is 95.6 Å². The van der Waals surface area contributed by atoms with E-state index in [4.69, 9.17) is 4.74 Å². The summed E-state index contributed by atoms with van der Waals surface area (Å²) in [6.07, 6.45) is 13.1. The molecular weight excluding hydrogens is 640 g/mol. The van der Waals surface area contributed by atoms with Crippen molar-refractivity contribution < 1.29 is 24.2 Å². The van der Waals surface area contributed by atoms with Crippen LogP contribution in [0.4, 0.5) is 0 Å². The van der Waals surface area contributed by atoms with Crippen LogP contribution in [0.5, 0.6) is 5.75 Å². The molecular formula is C42H48N4O5. The van der Waals surface area contributed by atoms with Crippen molar-refractivity contribution in [3.05, 3.63) is 102 Å². The van der Waals surface area contributed by atoms with Gasteiger partial charge in [-0.1, -0.05) is 88.1 Å². The first-order valence-corrected chi connectivity index (χ1v) is 18.3. The van der Waals surface area contributed by atoms with Gasteiger partial charge in [-0.25, -0.2) is 14.8 Å². The van der Waals surface area contributed by atoms with Crippen LogP contribution in [0.1, 0.15) is 93.1 Å². The van der Waals surface area contributed by atoms with E-state index in [0.717, 1.165) is 53.9 Å². The highest BCUT2D eigenvalue weighted by molar-refractivity contribution is 5.98. The Morgan fingerprint density at radius 2 is 1.55 bits per heavy atom. The van der Waals surface area contributed by atoms with Gasteiger partial charge < -0.3 is 20.1 Å². The zero-order valence-electron chi connectivity index (χ0n) is 29.6. The Morgan fingerprint density at radius 3 is 2.20 bits per heavy atom. The second-order valence-electron chi connectivity index (χ2n) is 14.2. The minimum atomic E-state index is -1.03. The highest BCUT2D eigenvalue weighted by atomic mass is 16.5. The molecule has 2 N–H and O–H groups in total. The van der Waals surface area contributed by atoms with Crippen LogP contribution in [0.2, 0.25) is 0 Å². The summed E-state index contributed by atoms with van der Waals surface area (Å²) in [7, 11) is 0. The molecule has 4 aromatic rings. The number of unbranched alkanes of at least 4 members (excludes halogenated alkanes) is 4. The molecule has 1 aromatic heterocycles. The average Bonchev–Trinajstić information content (AvgIpc) is 3.71. The molecule has 51 heavy (non-hydrogen) atoms. The molecule has 2 atom stereocenters. The summed E-state index contributed by atoms with van der Waals surface area (Å²) in [6.45, 7) is 5.50. The predicted molar refractivity (Wildman–Crippen MR) is 198 cm³/mol. The predicted octanol–water partition coefficient (Wildman–Crippen LogP) is 7.63. The van der Waals surface area contributed by atoms with Crippen molar-refractivity contribution in [3.63, 3.8) is 0 Å². The van der Waals surface area contributed by atoms with Crippen LogP contribution in [0.25, 0.3) is 22.5 Å². The molecule has 0 unspecified atom stereocenters. The zero-order chi connectivity index (χ0) is 35.8. The fourth-order valence-electron chi connectivity index (χ4n) is 6.72. The van der Waals surface area contributed by atoms with Gasteiger partial charge in [0, 0.05) is 42.0 Å². The molecule has 3 aromatic carbocycles. The third-order valence-corrected chi connectivity index (χ3v) is 10.3. The Hall–Kier alpha value is -5.05. The van der Waals surface area contributed by atoms with E-state index in [9.17, 15) is 19.5 Å². The van der Waals surface area contributed by atoms with Crippen LogP contribution in [-0.4, -0.2) is 63.0 Å². The zero-order valence-corrected chi connectivity index (χ0v) is 29.6. The van der Waals surface area contributed by atoms with E-state index in [1.165, 1.54) is 36.1 Å². The van der Waals surface area contributed by atoms with Crippen LogP contribution < -0.4 is 10.1 Å². The number of benzene rings is 3. The molecule has 0 radical (unpaired) electrons. The number of ether oxygens (including phenoxy) is 1. The quantitative estimate of drug-likeness (QED) is 0.116. The van der Waals surface area contributed by atoms with Gasteiger partial charge in [-0.05, 0) is 78.5 Å². The SMILES string of the molecule is CCCCCCCOc1ccc(-c2cnc(-c3ccc(C[C@H](NC(=O)c4ccc(C5(C)CC5)cc4)C(=O)N4CCC[C@H]4C(=O)O)cc3)nc2)cc1. The fraction of sp³-hybridized carbons (Fsp3) is 0.405. The standard InChI is InChI=1S/C42H48N4O5/c1-3-4-5-6-7-25-51-35-20-16-30(17-21-35)33-27-43-38(44-28-33)31-12-10-29(11-13-31)26-36(40(48)46-24-8-9-37(46)41(49)50)45-39(47)32-14-18-34(19-15-32)42(2)22-23-42/h10-21,27-28,36-37H,3-9,22-26H2,1-2H3,(H,45,47)(H,49,50)/t36-,37-/m0/s1. The number of nitrogens with one attached hydrogen (secondary N) is 1. The summed E-state index contributed by atoms with van der Waals surface area (Å²) in [5.41, 5.74) is 5.39. The Balaban J connectivity index is 1.10. The van der Waals surface area contributed by atoms with Crippen LogP contribution in [-0.2, 0) is 21.4 Å². The Kier molecular flexibility index (Phi) is 11.4. The third kappa shape index (κ3) is 9.01. The highest BCUT2D eigenvalue weighted by Crippen LogP contribution is 2.47. The van der Waals surface area contributed by atoms with Crippen molar-refractivity contribution in [3.8, 4) is 28.3 Å². The first-order chi connectivity index (χ1) is 24.7. The number of nitrogens with zero attached hydrogens (tertiary/aromatic N) is 3. The second kappa shape index (κ2) is 16.3. The van der Waals surface area contributed by atoms with E-state index in [0.29, 0.717) is 30.8 Å². The number of carbonyl (C=O) groups excluding carboxylic acids is 2. The smallest absolute Gasteiger partial charge is 0.326 e. The number of hydrogen-bond donors (Lipinski definition) is 2. The van der Waals surface area contributed by atoms with Crippen LogP contribution in [0.3, 0.4) is 0 Å². The fourth-order valence-corrected chi connectivity index (χ4v) is 6.72. The minimum absolute atomic E-state index is 0.184. The van der Waals surface area contributed by atoms with Gasteiger partial charge >= 0.3 is 5.97 Å². The second-order valence-corrected chi connectivity index (χ2v) is 14.2. The van der Waals surface area contributed by atoms with Crippen LogP contribution in [0, 0.1) is 0 Å². The Labute approximate surface area is 300 Å². The van der Waals surface area contributed by atoms with Crippen molar-refractivity contribution in [2.75, 3.05) is 13.2 Å². The number of carboxylic acid groups (broad SMARTS) is 1. The maximum atomic E-state index is 13.8. The summed E-state index contributed by atoms with van der Waals surface area (Å²) in [5.74, 6) is -0.356. The van der Waals surface area contributed by atoms with E-state index in [1.54, 1.807) is 24.5 Å². The van der Waals surface area contributed by atoms with E-state index in [-0.39, 0.29) is 23.7 Å². The largest absolute Gasteiger partial charge is 0.494 e. The molecule has 2 amide bonds. The van der Waals surface area contributed by atoms with Gasteiger partial charge in [0.05, 0.1) is 6.61 Å². The lowest BCUT2D eigenvalue weighted by molar-refractivity contribution is -0.148. The monoisotopic (exact) mass is 688 g/mol. The molecule has 1 saturated carbocycles. The molecule has 266 valence electrons. The summed E-state index contributed by atoms with van der Waals surface area (Å²) in [5, 5.41) is 12.7. The Morgan fingerprint density at radius 1 is 0.882 bits per heavy atom. The number of carboxylic acids is 1. The van der Waals surface area contributed by atoms with Crippen molar-refractivity contribution in [1.29, 1.82) is 0 Å². The number of rotatable bonds is 16.